The summed E-state index contributed by atoms with van der Waals surface area (Å²) in [5, 5.41) is 0. The van der Waals surface area contributed by atoms with Crippen LogP contribution in [0.3, 0.4) is 0 Å². The van der Waals surface area contributed by atoms with E-state index in [1.54, 1.807) is 11.9 Å². The fourth-order valence-corrected chi connectivity index (χ4v) is 1.64. The first-order valence-electron chi connectivity index (χ1n) is 5.16. The molecule has 1 aliphatic heterocycles. The van der Waals surface area contributed by atoms with Gasteiger partial charge in [0.1, 0.15) is 0 Å². The molecule has 1 aliphatic rings. The summed E-state index contributed by atoms with van der Waals surface area (Å²) < 4.78 is 4.52. The first kappa shape index (κ1) is 12.0. The maximum Gasteiger partial charge on any atom is 0.319 e. The molecule has 0 spiro atoms. The predicted molar refractivity (Wildman–Crippen MR) is 55.3 cm³/mol. The van der Waals surface area contributed by atoms with Crippen LogP contribution in [0.4, 0.5) is 0 Å². The first-order chi connectivity index (χ1) is 7.13. The van der Waals surface area contributed by atoms with Crippen molar-refractivity contribution in [1.29, 1.82) is 0 Å². The minimum Gasteiger partial charge on any atom is -0.468 e. The maximum absolute atomic E-state index is 11.7. The molecule has 5 heteroatoms. The summed E-state index contributed by atoms with van der Waals surface area (Å²) in [5.41, 5.74) is 0. The van der Waals surface area contributed by atoms with Crippen LogP contribution in [-0.2, 0) is 14.3 Å². The molecular formula is C10H18N2O3. The number of rotatable bonds is 4. The third-order valence-corrected chi connectivity index (χ3v) is 2.49. The van der Waals surface area contributed by atoms with Gasteiger partial charge in [-0.3, -0.25) is 14.5 Å². The average Bonchev–Trinajstić information content (AvgIpc) is 2.70. The van der Waals surface area contributed by atoms with Crippen LogP contribution in [0.5, 0.6) is 0 Å². The van der Waals surface area contributed by atoms with E-state index >= 15 is 0 Å². The molecule has 0 radical (unpaired) electrons. The maximum atomic E-state index is 11.7. The number of methoxy groups -OCH3 is 1. The zero-order chi connectivity index (χ0) is 11.3. The van der Waals surface area contributed by atoms with Gasteiger partial charge in [-0.05, 0) is 19.9 Å². The van der Waals surface area contributed by atoms with Crippen molar-refractivity contribution >= 4 is 11.9 Å². The summed E-state index contributed by atoms with van der Waals surface area (Å²) >= 11 is 0. The summed E-state index contributed by atoms with van der Waals surface area (Å²) in [7, 11) is 3.09. The van der Waals surface area contributed by atoms with Crippen LogP contribution in [0.1, 0.15) is 12.8 Å². The van der Waals surface area contributed by atoms with E-state index in [0.29, 0.717) is 0 Å². The number of ether oxygens (including phenoxy) is 1. The van der Waals surface area contributed by atoms with E-state index in [2.05, 4.69) is 4.74 Å². The zero-order valence-electron chi connectivity index (χ0n) is 9.36. The summed E-state index contributed by atoms with van der Waals surface area (Å²) in [6, 6.07) is 0. The van der Waals surface area contributed by atoms with Crippen molar-refractivity contribution in [3.8, 4) is 0 Å². The minimum absolute atomic E-state index is 0.0962. The normalized spacial score (nSPS) is 15.8. The van der Waals surface area contributed by atoms with Crippen molar-refractivity contribution in [2.24, 2.45) is 0 Å². The van der Waals surface area contributed by atoms with Crippen molar-refractivity contribution in [1.82, 2.24) is 9.80 Å². The molecule has 0 bridgehead atoms. The van der Waals surface area contributed by atoms with Gasteiger partial charge in [0.2, 0.25) is 5.91 Å². The number of likely N-dealkylation sites (N-methyl/N-ethyl adjacent to an activating group) is 1. The highest BCUT2D eigenvalue weighted by Gasteiger charge is 2.19. The molecule has 86 valence electrons. The standard InChI is InChI=1S/C10H18N2O3/c1-11(8-10(14)15-2)7-9(13)12-5-3-4-6-12/h3-8H2,1-2H3. The van der Waals surface area contributed by atoms with Crippen molar-refractivity contribution in [3.63, 3.8) is 0 Å². The Morgan fingerprint density at radius 1 is 1.27 bits per heavy atom. The topological polar surface area (TPSA) is 49.9 Å². The molecule has 0 atom stereocenters. The van der Waals surface area contributed by atoms with Gasteiger partial charge in [0.25, 0.3) is 0 Å². The lowest BCUT2D eigenvalue weighted by molar-refractivity contribution is -0.142. The molecular weight excluding hydrogens is 196 g/mol. The lowest BCUT2D eigenvalue weighted by Crippen LogP contribution is -2.39. The molecule has 0 aromatic rings. The molecule has 0 aromatic carbocycles. The van der Waals surface area contributed by atoms with Gasteiger partial charge in [-0.1, -0.05) is 0 Å². The fourth-order valence-electron chi connectivity index (χ4n) is 1.64. The van der Waals surface area contributed by atoms with Gasteiger partial charge in [-0.25, -0.2) is 0 Å². The monoisotopic (exact) mass is 214 g/mol. The van der Waals surface area contributed by atoms with Crippen LogP contribution in [0, 0.1) is 0 Å². The SMILES string of the molecule is COC(=O)CN(C)CC(=O)N1CCCC1. The van der Waals surface area contributed by atoms with Gasteiger partial charge in [-0.15, -0.1) is 0 Å². The molecule has 1 fully saturated rings. The Balaban J connectivity index is 2.27. The van der Waals surface area contributed by atoms with E-state index in [1.165, 1.54) is 7.11 Å². The predicted octanol–water partition coefficient (Wildman–Crippen LogP) is -0.286. The van der Waals surface area contributed by atoms with Crippen molar-refractivity contribution < 1.29 is 14.3 Å². The highest BCUT2D eigenvalue weighted by Crippen LogP contribution is 2.07. The third kappa shape index (κ3) is 3.87. The van der Waals surface area contributed by atoms with E-state index in [9.17, 15) is 9.59 Å². The summed E-state index contributed by atoms with van der Waals surface area (Å²) in [4.78, 5) is 26.1. The van der Waals surface area contributed by atoms with E-state index in [0.717, 1.165) is 25.9 Å². The minimum atomic E-state index is -0.313. The van der Waals surface area contributed by atoms with Gasteiger partial charge in [0.05, 0.1) is 20.2 Å². The average molecular weight is 214 g/mol. The molecule has 0 saturated carbocycles. The summed E-state index contributed by atoms with van der Waals surface area (Å²) in [5.74, 6) is -0.217. The Morgan fingerprint density at radius 3 is 2.40 bits per heavy atom. The Bertz CT molecular complexity index is 237. The van der Waals surface area contributed by atoms with E-state index in [1.807, 2.05) is 4.90 Å². The number of carbonyl (C=O) groups excluding carboxylic acids is 2. The summed E-state index contributed by atoms with van der Waals surface area (Å²) in [6.07, 6.45) is 2.18. The molecule has 1 rings (SSSR count). The molecule has 0 unspecified atom stereocenters. The van der Waals surface area contributed by atoms with E-state index < -0.39 is 0 Å². The number of esters is 1. The van der Waals surface area contributed by atoms with Crippen molar-refractivity contribution in [2.45, 2.75) is 12.8 Å². The second-order valence-electron chi connectivity index (χ2n) is 3.84. The lowest BCUT2D eigenvalue weighted by Gasteiger charge is -2.20. The van der Waals surface area contributed by atoms with Crippen molar-refractivity contribution in [2.75, 3.05) is 40.3 Å². The molecule has 5 nitrogen and oxygen atoms in total. The zero-order valence-corrected chi connectivity index (χ0v) is 9.36. The van der Waals surface area contributed by atoms with Gasteiger partial charge in [0.15, 0.2) is 0 Å². The second kappa shape index (κ2) is 5.70. The van der Waals surface area contributed by atoms with Crippen molar-refractivity contribution in [3.05, 3.63) is 0 Å². The van der Waals surface area contributed by atoms with Gasteiger partial charge < -0.3 is 9.64 Å². The Morgan fingerprint density at radius 2 is 1.87 bits per heavy atom. The molecule has 15 heavy (non-hydrogen) atoms. The Hall–Kier alpha value is -1.10. The first-order valence-corrected chi connectivity index (χ1v) is 5.16. The highest BCUT2D eigenvalue weighted by molar-refractivity contribution is 5.79. The number of amides is 1. The van der Waals surface area contributed by atoms with Gasteiger partial charge in [-0.2, -0.15) is 0 Å². The summed E-state index contributed by atoms with van der Waals surface area (Å²) in [6.45, 7) is 2.15. The molecule has 1 amide bonds. The highest BCUT2D eigenvalue weighted by atomic mass is 16.5. The number of nitrogens with zero attached hydrogens (tertiary/aromatic N) is 2. The lowest BCUT2D eigenvalue weighted by atomic mass is 10.4. The quantitative estimate of drug-likeness (QED) is 0.604. The van der Waals surface area contributed by atoms with Crippen LogP contribution >= 0.6 is 0 Å². The number of hydrogen-bond donors (Lipinski definition) is 0. The Kier molecular flexibility index (Phi) is 4.55. The van der Waals surface area contributed by atoms with Gasteiger partial charge >= 0.3 is 5.97 Å². The van der Waals surface area contributed by atoms with Gasteiger partial charge in [0, 0.05) is 13.1 Å². The van der Waals surface area contributed by atoms with E-state index in [-0.39, 0.29) is 25.0 Å². The van der Waals surface area contributed by atoms with E-state index in [4.69, 9.17) is 0 Å². The fraction of sp³-hybridized carbons (Fsp3) is 0.800. The molecule has 0 N–H and O–H groups in total. The van der Waals surface area contributed by atoms with Crippen LogP contribution in [0.2, 0.25) is 0 Å². The second-order valence-corrected chi connectivity index (χ2v) is 3.84. The third-order valence-electron chi connectivity index (χ3n) is 2.49. The van der Waals surface area contributed by atoms with Crippen LogP contribution < -0.4 is 0 Å². The molecule has 1 heterocycles. The number of hydrogen-bond acceptors (Lipinski definition) is 4. The van der Waals surface area contributed by atoms with Crippen LogP contribution in [-0.4, -0.2) is 62.0 Å². The smallest absolute Gasteiger partial charge is 0.319 e. The Labute approximate surface area is 90.0 Å². The molecule has 1 saturated heterocycles. The molecule has 0 aliphatic carbocycles. The molecule has 0 aromatic heterocycles. The largest absolute Gasteiger partial charge is 0.468 e. The van der Waals surface area contributed by atoms with Crippen LogP contribution in [0.15, 0.2) is 0 Å². The van der Waals surface area contributed by atoms with Crippen LogP contribution in [0.25, 0.3) is 0 Å². The number of likely N-dealkylation sites (tertiary alicyclic amines) is 1. The number of carbonyl (C=O) groups is 2.